The standard InChI is InChI=1S/C45H30O/c1-3-13-30(14-4-1)27-42-36-19-7-9-21-39(36)44(40-22-10-8-20-37(40)42)34-18-11-17-32(28-34)33-25-26-38-41-24-12-23-35(31-15-5-2-6-16-31)45(41)46-43(38)29-33/h1-26,28-29H,27H2/i1D,3D,4D,7D,8D,9D,10D,13D,14D,19D,20D,21D,22D. The summed E-state index contributed by atoms with van der Waals surface area (Å²) in [5.74, 6) is 0. The van der Waals surface area contributed by atoms with E-state index < -0.39 is 85.0 Å². The van der Waals surface area contributed by atoms with Crippen molar-refractivity contribution in [3.05, 3.63) is 181 Å². The van der Waals surface area contributed by atoms with Crippen LogP contribution in [0.4, 0.5) is 0 Å². The summed E-state index contributed by atoms with van der Waals surface area (Å²) in [6, 6.07) is 21.8. The highest BCUT2D eigenvalue weighted by Crippen LogP contribution is 2.42. The Morgan fingerprint density at radius 1 is 0.457 bits per heavy atom. The fourth-order valence-electron chi connectivity index (χ4n) is 6.39. The highest BCUT2D eigenvalue weighted by molar-refractivity contribution is 6.15. The van der Waals surface area contributed by atoms with Crippen molar-refractivity contribution in [1.82, 2.24) is 0 Å². The molecule has 0 aliphatic heterocycles. The maximum absolute atomic E-state index is 9.25. The van der Waals surface area contributed by atoms with Crippen molar-refractivity contribution < 1.29 is 22.2 Å². The van der Waals surface area contributed by atoms with Gasteiger partial charge in [0, 0.05) is 16.3 Å². The molecule has 1 heteroatoms. The molecule has 0 unspecified atom stereocenters. The van der Waals surface area contributed by atoms with Crippen LogP contribution < -0.4 is 0 Å². The van der Waals surface area contributed by atoms with Crippen LogP contribution in [0.25, 0.3) is 76.9 Å². The average molecular weight is 600 g/mol. The zero-order chi connectivity index (χ0) is 41.8. The maximum Gasteiger partial charge on any atom is 0.143 e. The maximum atomic E-state index is 9.25. The second kappa shape index (κ2) is 10.9. The Labute approximate surface area is 286 Å². The largest absolute Gasteiger partial charge is 0.455 e. The second-order valence-electron chi connectivity index (χ2n) is 11.1. The molecular weight excluding hydrogens is 556 g/mol. The predicted octanol–water partition coefficient (Wildman–Crippen LogP) is 12.5. The minimum atomic E-state index is -0.617. The van der Waals surface area contributed by atoms with Crippen LogP contribution in [0.5, 0.6) is 0 Å². The molecule has 46 heavy (non-hydrogen) atoms. The summed E-state index contributed by atoms with van der Waals surface area (Å²) in [5.41, 5.74) is 5.13. The molecular formula is C45H30O. The van der Waals surface area contributed by atoms with E-state index in [0.717, 1.165) is 33.0 Å². The van der Waals surface area contributed by atoms with Gasteiger partial charge in [0.15, 0.2) is 0 Å². The van der Waals surface area contributed by atoms with Gasteiger partial charge < -0.3 is 4.42 Å². The molecule has 9 rings (SSSR count). The lowest BCUT2D eigenvalue weighted by Crippen LogP contribution is -1.95. The van der Waals surface area contributed by atoms with Crippen molar-refractivity contribution >= 4 is 43.5 Å². The SMILES string of the molecule is [2H]c1c([2H])c([2H])c(Cc2c3c([2H])c([2H])c([2H])c([2H])c3c(-c3cccc(-c4ccc5c(c4)oc4c(-c6ccccc6)cccc45)c3)c3c([2H])c([2H])c([2H])c([2H])c23)c([2H])c1[2H]. The summed E-state index contributed by atoms with van der Waals surface area (Å²) in [4.78, 5) is 0. The van der Waals surface area contributed by atoms with Crippen LogP contribution in [-0.2, 0) is 6.42 Å². The summed E-state index contributed by atoms with van der Waals surface area (Å²) in [6.07, 6.45) is -0.489. The van der Waals surface area contributed by atoms with E-state index in [1.54, 1.807) is 18.2 Å². The van der Waals surface area contributed by atoms with Gasteiger partial charge in [-0.25, -0.2) is 0 Å². The first kappa shape index (κ1) is 16.4. The van der Waals surface area contributed by atoms with Gasteiger partial charge in [0.2, 0.25) is 0 Å². The number of furan rings is 1. The number of fused-ring (bicyclic) bond motifs is 5. The van der Waals surface area contributed by atoms with Crippen molar-refractivity contribution in [2.24, 2.45) is 0 Å². The number of benzene rings is 8. The van der Waals surface area contributed by atoms with Crippen molar-refractivity contribution in [2.45, 2.75) is 6.42 Å². The van der Waals surface area contributed by atoms with Crippen LogP contribution in [0.1, 0.15) is 28.9 Å². The van der Waals surface area contributed by atoms with Crippen LogP contribution in [0.3, 0.4) is 0 Å². The third-order valence-electron chi connectivity index (χ3n) is 8.45. The Balaban J connectivity index is 1.34. The Morgan fingerprint density at radius 2 is 1.09 bits per heavy atom. The van der Waals surface area contributed by atoms with E-state index in [9.17, 15) is 5.48 Å². The zero-order valence-electron chi connectivity index (χ0n) is 37.3. The van der Waals surface area contributed by atoms with Gasteiger partial charge in [-0.1, -0.05) is 151 Å². The molecule has 0 saturated carbocycles. The van der Waals surface area contributed by atoms with Gasteiger partial charge >= 0.3 is 0 Å². The van der Waals surface area contributed by atoms with E-state index >= 15 is 0 Å². The van der Waals surface area contributed by atoms with Crippen LogP contribution in [0, 0.1) is 0 Å². The molecule has 0 N–H and O–H groups in total. The van der Waals surface area contributed by atoms with E-state index in [4.69, 9.17) is 16.8 Å². The average Bonchev–Trinajstić information content (AvgIpc) is 3.64. The van der Waals surface area contributed by atoms with E-state index in [1.165, 1.54) is 0 Å². The third kappa shape index (κ3) is 4.40. The second-order valence-corrected chi connectivity index (χ2v) is 11.1. The first-order valence-electron chi connectivity index (χ1n) is 21.3. The smallest absolute Gasteiger partial charge is 0.143 e. The molecule has 0 fully saturated rings. The predicted molar refractivity (Wildman–Crippen MR) is 194 cm³/mol. The summed E-state index contributed by atoms with van der Waals surface area (Å²) < 4.78 is 120. The highest BCUT2D eigenvalue weighted by atomic mass is 16.3. The Bertz CT molecular complexity index is 3170. The molecule has 1 aromatic heterocycles. The Hall–Kier alpha value is -5.92. The van der Waals surface area contributed by atoms with E-state index in [-0.39, 0.29) is 38.2 Å². The molecule has 9 aromatic rings. The quantitative estimate of drug-likeness (QED) is 0.179. The molecule has 1 nitrogen and oxygen atoms in total. The molecule has 0 atom stereocenters. The van der Waals surface area contributed by atoms with Gasteiger partial charge in [0.1, 0.15) is 11.2 Å². The van der Waals surface area contributed by atoms with Gasteiger partial charge in [0.05, 0.1) is 17.8 Å². The lowest BCUT2D eigenvalue weighted by Gasteiger charge is -2.18. The summed E-state index contributed by atoms with van der Waals surface area (Å²) in [7, 11) is 0. The monoisotopic (exact) mass is 599 g/mol. The summed E-state index contributed by atoms with van der Waals surface area (Å²) >= 11 is 0. The van der Waals surface area contributed by atoms with Crippen molar-refractivity contribution in [3.8, 4) is 33.4 Å². The molecule has 216 valence electrons. The first-order valence-corrected chi connectivity index (χ1v) is 14.8. The molecule has 0 saturated heterocycles. The van der Waals surface area contributed by atoms with E-state index in [0.29, 0.717) is 16.7 Å². The molecule has 1 heterocycles. The number of rotatable bonds is 5. The molecule has 0 radical (unpaired) electrons. The van der Waals surface area contributed by atoms with Gasteiger partial charge in [0.25, 0.3) is 0 Å². The molecule has 0 spiro atoms. The lowest BCUT2D eigenvalue weighted by molar-refractivity contribution is 0.670. The van der Waals surface area contributed by atoms with Crippen LogP contribution in [0.15, 0.2) is 174 Å². The van der Waals surface area contributed by atoms with Gasteiger partial charge in [-0.3, -0.25) is 0 Å². The van der Waals surface area contributed by atoms with Crippen molar-refractivity contribution in [3.63, 3.8) is 0 Å². The van der Waals surface area contributed by atoms with Crippen molar-refractivity contribution in [2.75, 3.05) is 0 Å². The van der Waals surface area contributed by atoms with Gasteiger partial charge in [-0.15, -0.1) is 0 Å². The molecule has 0 aliphatic rings. The first-order chi connectivity index (χ1) is 28.2. The Morgan fingerprint density at radius 3 is 1.85 bits per heavy atom. The van der Waals surface area contributed by atoms with Crippen LogP contribution in [-0.4, -0.2) is 0 Å². The fraction of sp³-hybridized carbons (Fsp3) is 0.0222. The third-order valence-corrected chi connectivity index (χ3v) is 8.45. The minimum absolute atomic E-state index is 0.0161. The summed E-state index contributed by atoms with van der Waals surface area (Å²) in [5, 5.41) is 1.63. The Kier molecular flexibility index (Phi) is 3.89. The van der Waals surface area contributed by atoms with Gasteiger partial charge in [-0.05, 0) is 85.1 Å². The van der Waals surface area contributed by atoms with Crippen LogP contribution in [0.2, 0.25) is 0 Å². The molecule has 8 aromatic carbocycles. The van der Waals surface area contributed by atoms with Crippen molar-refractivity contribution in [1.29, 1.82) is 0 Å². The van der Waals surface area contributed by atoms with E-state index in [2.05, 4.69) is 0 Å². The summed E-state index contributed by atoms with van der Waals surface area (Å²) in [6.45, 7) is 0. The number of hydrogen-bond acceptors (Lipinski definition) is 1. The zero-order valence-corrected chi connectivity index (χ0v) is 24.3. The molecule has 0 bridgehead atoms. The fourth-order valence-corrected chi connectivity index (χ4v) is 6.39. The lowest BCUT2D eigenvalue weighted by atomic mass is 9.86. The normalized spacial score (nSPS) is 15.5. The topological polar surface area (TPSA) is 13.1 Å². The molecule has 0 amide bonds. The number of para-hydroxylation sites is 1. The highest BCUT2D eigenvalue weighted by Gasteiger charge is 2.17. The van der Waals surface area contributed by atoms with Crippen LogP contribution >= 0.6 is 0 Å². The minimum Gasteiger partial charge on any atom is -0.455 e. The van der Waals surface area contributed by atoms with E-state index in [1.807, 2.05) is 72.8 Å². The number of hydrogen-bond donors (Lipinski definition) is 0. The molecule has 0 aliphatic carbocycles. The van der Waals surface area contributed by atoms with Gasteiger partial charge in [-0.2, -0.15) is 0 Å².